The third-order valence-corrected chi connectivity index (χ3v) is 3.61. The highest BCUT2D eigenvalue weighted by atomic mass is 32.1. The second-order valence-electron chi connectivity index (χ2n) is 4.50. The maximum Gasteiger partial charge on any atom is 0.316 e. The number of hydrogen-bond donors (Lipinski definition) is 1. The van der Waals surface area contributed by atoms with E-state index in [2.05, 4.69) is 15.2 Å². The van der Waals surface area contributed by atoms with Gasteiger partial charge in [-0.1, -0.05) is 19.9 Å². The lowest BCUT2D eigenvalue weighted by molar-refractivity contribution is -0.146. The average molecular weight is 279 g/mol. The van der Waals surface area contributed by atoms with Crippen LogP contribution in [0.1, 0.15) is 32.5 Å². The summed E-state index contributed by atoms with van der Waals surface area (Å²) in [6, 6.07) is 3.90. The number of hydrogen-bond acceptors (Lipinski definition) is 5. The van der Waals surface area contributed by atoms with Crippen molar-refractivity contribution in [1.29, 1.82) is 0 Å². The summed E-state index contributed by atoms with van der Waals surface area (Å²) in [4.78, 5) is 17.4. The van der Waals surface area contributed by atoms with Gasteiger partial charge in [-0.25, -0.2) is 4.98 Å². The van der Waals surface area contributed by atoms with Gasteiger partial charge >= 0.3 is 5.97 Å². The van der Waals surface area contributed by atoms with Crippen molar-refractivity contribution in [2.75, 3.05) is 6.61 Å². The maximum atomic E-state index is 12.0. The third kappa shape index (κ3) is 3.01. The molecule has 0 saturated heterocycles. The normalized spacial score (nSPS) is 12.6. The van der Waals surface area contributed by atoms with E-state index in [0.29, 0.717) is 18.3 Å². The molecule has 6 heteroatoms. The van der Waals surface area contributed by atoms with Crippen molar-refractivity contribution in [3.8, 4) is 10.7 Å². The molecule has 0 aliphatic heterocycles. The number of nitrogens with one attached hydrogen (secondary N) is 1. The van der Waals surface area contributed by atoms with Crippen LogP contribution in [0.2, 0.25) is 0 Å². The summed E-state index contributed by atoms with van der Waals surface area (Å²) in [5.74, 6) is 0.632. The van der Waals surface area contributed by atoms with E-state index in [1.807, 2.05) is 31.4 Å². The predicted octanol–water partition coefficient (Wildman–Crippen LogP) is 2.84. The smallest absolute Gasteiger partial charge is 0.316 e. The number of aromatic nitrogens is 3. The summed E-state index contributed by atoms with van der Waals surface area (Å²) in [5.41, 5.74) is 0. The molecule has 2 aromatic heterocycles. The second kappa shape index (κ2) is 5.97. The number of carbonyl (C=O) groups excluding carboxylic acids is 1. The molecule has 0 aliphatic rings. The maximum absolute atomic E-state index is 12.0. The molecule has 0 amide bonds. The highest BCUT2D eigenvalue weighted by Gasteiger charge is 2.29. The second-order valence-corrected chi connectivity index (χ2v) is 5.44. The molecule has 0 aromatic carbocycles. The van der Waals surface area contributed by atoms with Crippen LogP contribution < -0.4 is 0 Å². The first-order chi connectivity index (χ1) is 9.13. The van der Waals surface area contributed by atoms with Gasteiger partial charge in [0.2, 0.25) is 0 Å². The Hall–Kier alpha value is -1.69. The molecule has 1 atom stereocenters. The molecule has 2 rings (SSSR count). The van der Waals surface area contributed by atoms with E-state index in [1.165, 1.54) is 0 Å². The van der Waals surface area contributed by atoms with Crippen molar-refractivity contribution in [2.45, 2.75) is 26.7 Å². The summed E-state index contributed by atoms with van der Waals surface area (Å²) >= 11 is 1.57. The molecule has 19 heavy (non-hydrogen) atoms. The highest BCUT2D eigenvalue weighted by molar-refractivity contribution is 7.13. The van der Waals surface area contributed by atoms with E-state index in [-0.39, 0.29) is 11.9 Å². The zero-order valence-corrected chi connectivity index (χ0v) is 12.0. The summed E-state index contributed by atoms with van der Waals surface area (Å²) in [6.45, 7) is 6.10. The van der Waals surface area contributed by atoms with E-state index in [1.54, 1.807) is 18.3 Å². The summed E-state index contributed by atoms with van der Waals surface area (Å²) in [6.07, 6.45) is 0. The van der Waals surface area contributed by atoms with Crippen LogP contribution in [0.25, 0.3) is 10.7 Å². The highest BCUT2D eigenvalue weighted by Crippen LogP contribution is 2.26. The molecule has 102 valence electrons. The van der Waals surface area contributed by atoms with Crippen LogP contribution in [0.4, 0.5) is 0 Å². The third-order valence-electron chi connectivity index (χ3n) is 2.75. The van der Waals surface area contributed by atoms with Gasteiger partial charge in [0, 0.05) is 0 Å². The van der Waals surface area contributed by atoms with Gasteiger partial charge in [-0.05, 0) is 24.3 Å². The fourth-order valence-corrected chi connectivity index (χ4v) is 2.52. The average Bonchev–Trinajstić information content (AvgIpc) is 2.98. The van der Waals surface area contributed by atoms with E-state index in [4.69, 9.17) is 4.74 Å². The standard InChI is InChI=1S/C13H17N3O2S/c1-4-18-13(17)10(8(2)3)12-14-11(15-16-12)9-6-5-7-19-9/h5-8,10H,4H2,1-3H3,(H,14,15,16). The van der Waals surface area contributed by atoms with Crippen LogP contribution in [0, 0.1) is 5.92 Å². The van der Waals surface area contributed by atoms with Gasteiger partial charge < -0.3 is 4.74 Å². The van der Waals surface area contributed by atoms with E-state index in [9.17, 15) is 4.79 Å². The van der Waals surface area contributed by atoms with Gasteiger partial charge in [0.05, 0.1) is 11.5 Å². The number of ether oxygens (including phenoxy) is 1. The van der Waals surface area contributed by atoms with Crippen molar-refractivity contribution in [3.05, 3.63) is 23.3 Å². The molecule has 1 unspecified atom stereocenters. The van der Waals surface area contributed by atoms with Crippen LogP contribution in [-0.4, -0.2) is 27.8 Å². The van der Waals surface area contributed by atoms with Crippen molar-refractivity contribution < 1.29 is 9.53 Å². The van der Waals surface area contributed by atoms with E-state index >= 15 is 0 Å². The SMILES string of the molecule is CCOC(=O)C(c1nc(-c2cccs2)n[nH]1)C(C)C. The lowest BCUT2D eigenvalue weighted by atomic mass is 9.95. The molecular formula is C13H17N3O2S. The number of thiophene rings is 1. The molecule has 0 spiro atoms. The van der Waals surface area contributed by atoms with Crippen LogP contribution >= 0.6 is 11.3 Å². The lowest BCUT2D eigenvalue weighted by Crippen LogP contribution is -2.22. The molecule has 0 radical (unpaired) electrons. The Morgan fingerprint density at radius 2 is 2.32 bits per heavy atom. The topological polar surface area (TPSA) is 67.9 Å². The number of rotatable bonds is 5. The van der Waals surface area contributed by atoms with Gasteiger partial charge in [-0.2, -0.15) is 5.10 Å². The molecule has 0 saturated carbocycles. The Morgan fingerprint density at radius 3 is 2.89 bits per heavy atom. The minimum atomic E-state index is -0.402. The Bertz CT molecular complexity index is 534. The molecule has 5 nitrogen and oxygen atoms in total. The zero-order chi connectivity index (χ0) is 13.8. The zero-order valence-electron chi connectivity index (χ0n) is 11.2. The molecular weight excluding hydrogens is 262 g/mol. The van der Waals surface area contributed by atoms with E-state index < -0.39 is 5.92 Å². The fraction of sp³-hybridized carbons (Fsp3) is 0.462. The van der Waals surface area contributed by atoms with Gasteiger partial charge in [0.1, 0.15) is 11.7 Å². The lowest BCUT2D eigenvalue weighted by Gasteiger charge is -2.16. The van der Waals surface area contributed by atoms with Crippen LogP contribution in [-0.2, 0) is 9.53 Å². The Kier molecular flexibility index (Phi) is 4.31. The number of esters is 1. The number of H-pyrrole nitrogens is 1. The van der Waals surface area contributed by atoms with Crippen LogP contribution in [0.3, 0.4) is 0 Å². The van der Waals surface area contributed by atoms with Crippen molar-refractivity contribution in [1.82, 2.24) is 15.2 Å². The van der Waals surface area contributed by atoms with E-state index in [0.717, 1.165) is 4.88 Å². The van der Waals surface area contributed by atoms with Gasteiger partial charge in [-0.3, -0.25) is 9.89 Å². The van der Waals surface area contributed by atoms with Crippen molar-refractivity contribution >= 4 is 17.3 Å². The first kappa shape index (κ1) is 13.7. The molecule has 0 fully saturated rings. The van der Waals surface area contributed by atoms with Crippen LogP contribution in [0.15, 0.2) is 17.5 Å². The van der Waals surface area contributed by atoms with Crippen LogP contribution in [0.5, 0.6) is 0 Å². The quantitative estimate of drug-likeness (QED) is 0.855. The minimum Gasteiger partial charge on any atom is -0.465 e. The minimum absolute atomic E-state index is 0.100. The Balaban J connectivity index is 2.26. The van der Waals surface area contributed by atoms with Crippen molar-refractivity contribution in [3.63, 3.8) is 0 Å². The first-order valence-corrected chi connectivity index (χ1v) is 7.14. The summed E-state index contributed by atoms with van der Waals surface area (Å²) in [5, 5.41) is 9.00. The molecule has 2 heterocycles. The summed E-state index contributed by atoms with van der Waals surface area (Å²) < 4.78 is 5.10. The Labute approximate surface area is 116 Å². The molecule has 0 aliphatic carbocycles. The number of carbonyl (C=O) groups is 1. The molecule has 0 bridgehead atoms. The van der Waals surface area contributed by atoms with Gasteiger partial charge in [0.15, 0.2) is 5.82 Å². The number of aromatic amines is 1. The number of nitrogens with zero attached hydrogens (tertiary/aromatic N) is 2. The predicted molar refractivity (Wildman–Crippen MR) is 73.9 cm³/mol. The molecule has 2 aromatic rings. The Morgan fingerprint density at radius 1 is 1.53 bits per heavy atom. The monoisotopic (exact) mass is 279 g/mol. The summed E-state index contributed by atoms with van der Waals surface area (Å²) in [7, 11) is 0. The largest absolute Gasteiger partial charge is 0.465 e. The van der Waals surface area contributed by atoms with Gasteiger partial charge in [0.25, 0.3) is 0 Å². The fourth-order valence-electron chi connectivity index (χ4n) is 1.86. The first-order valence-electron chi connectivity index (χ1n) is 6.26. The van der Waals surface area contributed by atoms with Gasteiger partial charge in [-0.15, -0.1) is 11.3 Å². The molecule has 1 N–H and O–H groups in total. The van der Waals surface area contributed by atoms with Crippen molar-refractivity contribution in [2.24, 2.45) is 5.92 Å².